The van der Waals surface area contributed by atoms with Gasteiger partial charge < -0.3 is 19.5 Å². The van der Waals surface area contributed by atoms with Gasteiger partial charge in [-0.25, -0.2) is 13.8 Å². The van der Waals surface area contributed by atoms with Crippen LogP contribution in [-0.4, -0.2) is 46.7 Å². The first kappa shape index (κ1) is 20.3. The van der Waals surface area contributed by atoms with Gasteiger partial charge in [0.25, 0.3) is 17.7 Å². The Hall–Kier alpha value is -2.99. The molecule has 4 rings (SSSR count). The van der Waals surface area contributed by atoms with Crippen LogP contribution in [0.3, 0.4) is 0 Å². The summed E-state index contributed by atoms with van der Waals surface area (Å²) in [5.41, 5.74) is 0.261. The van der Waals surface area contributed by atoms with Gasteiger partial charge >= 0.3 is 6.18 Å². The largest absolute Gasteiger partial charge is 0.476 e. The standard InChI is InChI=1S/C17H16F5N5O3/c18-16(19)7-27(8-16)11-4-3-10(24-14(11)29-6-9-1-2-9)13(28)23-5-12-25-15(26-30-12)17(20,21)22/h3-4,9H,1-2,5-8H2,(H,23,28). The van der Waals surface area contributed by atoms with Gasteiger partial charge in [0.1, 0.15) is 11.4 Å². The fourth-order valence-electron chi connectivity index (χ4n) is 2.76. The van der Waals surface area contributed by atoms with Gasteiger partial charge in [-0.05, 0) is 30.9 Å². The first-order valence-electron chi connectivity index (χ1n) is 9.05. The Kier molecular flexibility index (Phi) is 4.98. The lowest BCUT2D eigenvalue weighted by Crippen LogP contribution is -2.56. The van der Waals surface area contributed by atoms with Gasteiger partial charge in [-0.1, -0.05) is 5.16 Å². The van der Waals surface area contributed by atoms with Crippen LogP contribution in [0.5, 0.6) is 5.88 Å². The van der Waals surface area contributed by atoms with Crippen molar-refractivity contribution >= 4 is 11.6 Å². The van der Waals surface area contributed by atoms with Crippen molar-refractivity contribution in [3.63, 3.8) is 0 Å². The Morgan fingerprint density at radius 2 is 2.00 bits per heavy atom. The molecule has 0 radical (unpaired) electrons. The summed E-state index contributed by atoms with van der Waals surface area (Å²) in [4.78, 5) is 21.0. The van der Waals surface area contributed by atoms with Crippen LogP contribution in [0.4, 0.5) is 27.6 Å². The second-order valence-electron chi connectivity index (χ2n) is 7.18. The van der Waals surface area contributed by atoms with E-state index in [1.54, 1.807) is 0 Å². The number of aromatic nitrogens is 3. The summed E-state index contributed by atoms with van der Waals surface area (Å²) in [5.74, 6) is -4.96. The highest BCUT2D eigenvalue weighted by atomic mass is 19.4. The molecule has 2 aromatic heterocycles. The Morgan fingerprint density at radius 3 is 2.60 bits per heavy atom. The zero-order valence-corrected chi connectivity index (χ0v) is 15.4. The van der Waals surface area contributed by atoms with Crippen LogP contribution >= 0.6 is 0 Å². The summed E-state index contributed by atoms with van der Waals surface area (Å²) in [5, 5.41) is 5.11. The first-order valence-corrected chi connectivity index (χ1v) is 9.05. The van der Waals surface area contributed by atoms with Crippen molar-refractivity contribution < 1.29 is 36.0 Å². The topological polar surface area (TPSA) is 93.4 Å². The second-order valence-corrected chi connectivity index (χ2v) is 7.18. The van der Waals surface area contributed by atoms with Gasteiger partial charge in [-0.2, -0.15) is 18.2 Å². The molecule has 2 fully saturated rings. The SMILES string of the molecule is O=C(NCc1nc(C(F)(F)F)no1)c1ccc(N2CC(F)(F)C2)c(OCC2CC2)n1. The summed E-state index contributed by atoms with van der Waals surface area (Å²) in [6.07, 6.45) is -2.76. The van der Waals surface area contributed by atoms with Crippen molar-refractivity contribution in [2.75, 3.05) is 24.6 Å². The quantitative estimate of drug-likeness (QED) is 0.671. The molecule has 0 aromatic carbocycles. The maximum atomic E-state index is 13.2. The van der Waals surface area contributed by atoms with Gasteiger partial charge in [-0.3, -0.25) is 4.79 Å². The van der Waals surface area contributed by atoms with E-state index in [1.807, 2.05) is 0 Å². The van der Waals surface area contributed by atoms with Gasteiger partial charge in [0.15, 0.2) is 0 Å². The molecule has 1 aliphatic heterocycles. The number of nitrogens with one attached hydrogen (secondary N) is 1. The predicted octanol–water partition coefficient (Wildman–Crippen LogP) is 2.66. The lowest BCUT2D eigenvalue weighted by atomic mass is 10.1. The molecule has 30 heavy (non-hydrogen) atoms. The minimum atomic E-state index is -4.76. The molecule has 8 nitrogen and oxygen atoms in total. The van der Waals surface area contributed by atoms with E-state index in [-0.39, 0.29) is 11.6 Å². The van der Waals surface area contributed by atoms with E-state index in [0.717, 1.165) is 12.8 Å². The zero-order valence-electron chi connectivity index (χ0n) is 15.4. The zero-order chi connectivity index (χ0) is 21.5. The Morgan fingerprint density at radius 1 is 1.27 bits per heavy atom. The molecule has 162 valence electrons. The van der Waals surface area contributed by atoms with Crippen LogP contribution in [0.25, 0.3) is 0 Å². The van der Waals surface area contributed by atoms with Crippen LogP contribution < -0.4 is 15.0 Å². The summed E-state index contributed by atoms with van der Waals surface area (Å²) < 4.78 is 74.0. The number of hydrogen-bond donors (Lipinski definition) is 1. The van der Waals surface area contributed by atoms with Crippen LogP contribution in [0.2, 0.25) is 0 Å². The summed E-state index contributed by atoms with van der Waals surface area (Å²) in [7, 11) is 0. The Labute approximate surface area is 166 Å². The Balaban J connectivity index is 1.44. The van der Waals surface area contributed by atoms with Crippen LogP contribution in [0.15, 0.2) is 16.7 Å². The van der Waals surface area contributed by atoms with Gasteiger partial charge in [-0.15, -0.1) is 0 Å². The maximum absolute atomic E-state index is 13.2. The van der Waals surface area contributed by atoms with E-state index in [4.69, 9.17) is 4.74 Å². The van der Waals surface area contributed by atoms with Crippen molar-refractivity contribution in [2.45, 2.75) is 31.5 Å². The fraction of sp³-hybridized carbons (Fsp3) is 0.529. The third kappa shape index (κ3) is 4.60. The molecule has 3 heterocycles. The highest BCUT2D eigenvalue weighted by Crippen LogP contribution is 2.38. The highest BCUT2D eigenvalue weighted by Gasteiger charge is 2.45. The summed E-state index contributed by atoms with van der Waals surface area (Å²) >= 11 is 0. The molecule has 2 aromatic rings. The van der Waals surface area contributed by atoms with Gasteiger partial charge in [0.2, 0.25) is 11.8 Å². The number of halogens is 5. The number of amides is 1. The number of anilines is 1. The molecule has 13 heteroatoms. The van der Waals surface area contributed by atoms with Crippen LogP contribution in [0.1, 0.15) is 35.0 Å². The number of pyridine rings is 1. The van der Waals surface area contributed by atoms with E-state index in [2.05, 4.69) is 25.0 Å². The fourth-order valence-corrected chi connectivity index (χ4v) is 2.76. The van der Waals surface area contributed by atoms with Crippen molar-refractivity contribution in [2.24, 2.45) is 5.92 Å². The number of hydrogen-bond acceptors (Lipinski definition) is 7. The third-order valence-corrected chi connectivity index (χ3v) is 4.53. The van der Waals surface area contributed by atoms with E-state index < -0.39 is 49.4 Å². The first-order chi connectivity index (χ1) is 14.1. The number of rotatable bonds is 7. The summed E-state index contributed by atoms with van der Waals surface area (Å²) in [6, 6.07) is 2.77. The average Bonchev–Trinajstić information content (AvgIpc) is 3.35. The molecule has 0 bridgehead atoms. The van der Waals surface area contributed by atoms with Crippen molar-refractivity contribution in [1.29, 1.82) is 0 Å². The average molecular weight is 433 g/mol. The smallest absolute Gasteiger partial charge is 0.455 e. The van der Waals surface area contributed by atoms with E-state index in [0.29, 0.717) is 18.2 Å². The van der Waals surface area contributed by atoms with Gasteiger partial charge in [0, 0.05) is 0 Å². The normalized spacial score (nSPS) is 18.1. The lowest BCUT2D eigenvalue weighted by Gasteiger charge is -2.40. The lowest BCUT2D eigenvalue weighted by molar-refractivity contribution is -0.146. The molecule has 1 aliphatic carbocycles. The number of ether oxygens (including phenoxy) is 1. The van der Waals surface area contributed by atoms with Crippen molar-refractivity contribution in [1.82, 2.24) is 20.4 Å². The molecular formula is C17H16F5N5O3. The number of carbonyl (C=O) groups excluding carboxylic acids is 1. The Bertz CT molecular complexity index is 936. The predicted molar refractivity (Wildman–Crippen MR) is 90.1 cm³/mol. The number of carbonyl (C=O) groups is 1. The number of nitrogens with zero attached hydrogens (tertiary/aromatic N) is 4. The molecule has 0 atom stereocenters. The van der Waals surface area contributed by atoms with E-state index >= 15 is 0 Å². The minimum absolute atomic E-state index is 0.0576. The molecule has 1 amide bonds. The van der Waals surface area contributed by atoms with Crippen molar-refractivity contribution in [3.8, 4) is 5.88 Å². The molecule has 0 unspecified atom stereocenters. The molecule has 0 spiro atoms. The molecular weight excluding hydrogens is 417 g/mol. The van der Waals surface area contributed by atoms with E-state index in [1.165, 1.54) is 17.0 Å². The molecule has 1 saturated heterocycles. The highest BCUT2D eigenvalue weighted by molar-refractivity contribution is 5.92. The minimum Gasteiger partial charge on any atom is -0.476 e. The molecule has 2 aliphatic rings. The molecule has 1 N–H and O–H groups in total. The van der Waals surface area contributed by atoms with E-state index in [9.17, 15) is 26.7 Å². The molecule has 1 saturated carbocycles. The van der Waals surface area contributed by atoms with Crippen molar-refractivity contribution in [3.05, 3.63) is 29.5 Å². The monoisotopic (exact) mass is 433 g/mol. The second kappa shape index (κ2) is 7.36. The third-order valence-electron chi connectivity index (χ3n) is 4.53. The summed E-state index contributed by atoms with van der Waals surface area (Å²) in [6.45, 7) is -1.03. The van der Waals surface area contributed by atoms with Crippen LogP contribution in [0, 0.1) is 5.92 Å². The van der Waals surface area contributed by atoms with Gasteiger partial charge in [0.05, 0.1) is 26.2 Å². The maximum Gasteiger partial charge on any atom is 0.455 e. The number of alkyl halides is 5. The van der Waals surface area contributed by atoms with Crippen LogP contribution in [-0.2, 0) is 12.7 Å².